The van der Waals surface area contributed by atoms with Crippen LogP contribution in [0.4, 0.5) is 0 Å². The normalized spacial score (nSPS) is 23.2. The Kier molecular flexibility index (Phi) is 15.4. The number of hydrogen-bond donors (Lipinski definition) is 6. The number of aliphatic hydroxyl groups excluding tert-OH is 1. The van der Waals surface area contributed by atoms with Gasteiger partial charge in [-0.25, -0.2) is 4.79 Å². The van der Waals surface area contributed by atoms with Gasteiger partial charge < -0.3 is 51.1 Å². The molecule has 17 heteroatoms. The number of benzene rings is 3. The highest BCUT2D eigenvalue weighted by atomic mass is 16.5. The van der Waals surface area contributed by atoms with E-state index < -0.39 is 59.9 Å². The lowest BCUT2D eigenvalue weighted by molar-refractivity contribution is -0.143. The van der Waals surface area contributed by atoms with Gasteiger partial charge in [-0.15, -0.1) is 0 Å². The van der Waals surface area contributed by atoms with E-state index in [1.165, 1.54) is 24.3 Å². The molecule has 17 nitrogen and oxygen atoms in total. The molecular formula is C42H51N7O10. The molecule has 0 radical (unpaired) electrons. The summed E-state index contributed by atoms with van der Waals surface area (Å²) in [7, 11) is 1.51. The molecule has 3 aromatic carbocycles. The quantitative estimate of drug-likeness (QED) is 0.154. The largest absolute Gasteiger partial charge is 0.497 e. The van der Waals surface area contributed by atoms with Crippen molar-refractivity contribution in [1.29, 1.82) is 0 Å². The number of methoxy groups -OCH3 is 1. The number of aliphatic hydroxyl groups is 1. The standard InChI is InChI=1S/C42H51N7O10/c1-25(2)18-34-41(54)49-23-29(50)21-36(49)40(53)45-33(19-26-8-12-30(57-3)13-9-26)39(52)47-35(42(55)56)20-27-10-14-31(15-11-27)58-17-16-44-22-28(48-43)24-59-37-7-5-4-6-32(37)38(51)46-34/h4-15,22,25,29,33-36,50H,16-21,23-24,43H2,1-3H3,(H,45,53)(H,46,51)(H,47,52)(H,55,56)/t29-,33-,34+,35-,36+/m0/s1. The predicted molar refractivity (Wildman–Crippen MR) is 218 cm³/mol. The van der Waals surface area contributed by atoms with Crippen molar-refractivity contribution in [3.8, 4) is 17.2 Å². The lowest BCUT2D eigenvalue weighted by atomic mass is 10.0. The van der Waals surface area contributed by atoms with Crippen molar-refractivity contribution in [3.63, 3.8) is 0 Å². The van der Waals surface area contributed by atoms with E-state index in [-0.39, 0.29) is 74.9 Å². The van der Waals surface area contributed by atoms with Crippen molar-refractivity contribution in [3.05, 3.63) is 89.5 Å². The molecule has 59 heavy (non-hydrogen) atoms. The van der Waals surface area contributed by atoms with E-state index in [0.717, 1.165) is 0 Å². The third-order valence-electron chi connectivity index (χ3n) is 9.79. The molecule has 7 N–H and O–H groups in total. The number of hydrogen-bond acceptors (Lipinski definition) is 12. The number of nitrogens with zero attached hydrogens (tertiary/aromatic N) is 3. The Labute approximate surface area is 342 Å². The molecule has 5 atom stereocenters. The second kappa shape index (κ2) is 20.8. The van der Waals surface area contributed by atoms with Gasteiger partial charge in [-0.1, -0.05) is 50.2 Å². The van der Waals surface area contributed by atoms with Gasteiger partial charge in [0.25, 0.3) is 5.91 Å². The van der Waals surface area contributed by atoms with Crippen molar-refractivity contribution < 1.29 is 48.4 Å². The van der Waals surface area contributed by atoms with Crippen molar-refractivity contribution in [2.45, 2.75) is 69.8 Å². The Balaban J connectivity index is 1.48. The number of carbonyl (C=O) groups excluding carboxylic acids is 4. The number of rotatable bonds is 6. The molecule has 2 bridgehead atoms. The molecular weight excluding hydrogens is 763 g/mol. The number of carboxylic acids is 1. The number of ether oxygens (including phenoxy) is 3. The molecule has 3 aliphatic rings. The fourth-order valence-corrected chi connectivity index (χ4v) is 6.77. The van der Waals surface area contributed by atoms with Gasteiger partial charge in [0.15, 0.2) is 0 Å². The van der Waals surface area contributed by atoms with E-state index in [1.54, 1.807) is 66.7 Å². The van der Waals surface area contributed by atoms with E-state index in [9.17, 15) is 34.2 Å². The Morgan fingerprint density at radius 1 is 0.966 bits per heavy atom. The molecule has 0 saturated carbocycles. The third-order valence-corrected chi connectivity index (χ3v) is 9.79. The summed E-state index contributed by atoms with van der Waals surface area (Å²) in [5.74, 6) is 2.75. The Morgan fingerprint density at radius 2 is 1.69 bits per heavy atom. The van der Waals surface area contributed by atoms with Crippen LogP contribution in [0, 0.1) is 5.92 Å². The van der Waals surface area contributed by atoms with Crippen molar-refractivity contribution >= 4 is 41.5 Å². The molecule has 0 spiro atoms. The van der Waals surface area contributed by atoms with Crippen molar-refractivity contribution in [2.24, 2.45) is 21.9 Å². The molecule has 4 amide bonds. The smallest absolute Gasteiger partial charge is 0.326 e. The third kappa shape index (κ3) is 12.3. The summed E-state index contributed by atoms with van der Waals surface area (Å²) in [6.07, 6.45) is 0.280. The number of nitrogens with one attached hydrogen (secondary N) is 3. The Hall–Kier alpha value is -6.49. The predicted octanol–water partition coefficient (Wildman–Crippen LogP) is 1.50. The first-order valence-electron chi connectivity index (χ1n) is 19.3. The topological polar surface area (TPSA) is 244 Å². The van der Waals surface area contributed by atoms with E-state index in [2.05, 4.69) is 26.0 Å². The first kappa shape index (κ1) is 43.6. The van der Waals surface area contributed by atoms with E-state index in [4.69, 9.17) is 20.1 Å². The molecule has 3 heterocycles. The van der Waals surface area contributed by atoms with Crippen LogP contribution in [0.1, 0.15) is 48.2 Å². The molecule has 6 rings (SSSR count). The monoisotopic (exact) mass is 813 g/mol. The maximum absolute atomic E-state index is 14.3. The molecule has 0 unspecified atom stereocenters. The van der Waals surface area contributed by atoms with E-state index in [0.29, 0.717) is 22.6 Å². The van der Waals surface area contributed by atoms with Crippen LogP contribution < -0.4 is 36.0 Å². The van der Waals surface area contributed by atoms with Crippen LogP contribution in [-0.2, 0) is 32.0 Å². The zero-order valence-electron chi connectivity index (χ0n) is 33.2. The van der Waals surface area contributed by atoms with Gasteiger partial charge in [0.05, 0.1) is 25.3 Å². The maximum atomic E-state index is 14.3. The van der Waals surface area contributed by atoms with Gasteiger partial charge in [0, 0.05) is 32.0 Å². The minimum Gasteiger partial charge on any atom is -0.497 e. The Morgan fingerprint density at radius 3 is 2.37 bits per heavy atom. The van der Waals surface area contributed by atoms with Crippen molar-refractivity contribution in [2.75, 3.05) is 33.4 Å². The van der Waals surface area contributed by atoms with Crippen LogP contribution in [0.15, 0.2) is 82.9 Å². The number of aliphatic carboxylic acids is 1. The minimum atomic E-state index is -1.37. The van der Waals surface area contributed by atoms with Crippen LogP contribution in [0.3, 0.4) is 0 Å². The average molecular weight is 814 g/mol. The SMILES string of the molecule is COc1ccc(C[C@@H]2NC(=O)[C@H]3C[C@H](O)CN3C(=O)[C@@H](CC(C)C)NC(=O)c3ccccc3OCC(=NN)C=NCCOc3ccc(cc3)C[C@@H](C(=O)O)NC2=O)cc1. The highest BCUT2D eigenvalue weighted by molar-refractivity contribution is 6.31. The molecule has 3 aliphatic heterocycles. The van der Waals surface area contributed by atoms with Crippen molar-refractivity contribution in [1.82, 2.24) is 20.9 Å². The van der Waals surface area contributed by atoms with E-state index in [1.807, 2.05) is 13.8 Å². The first-order valence-corrected chi connectivity index (χ1v) is 19.3. The van der Waals surface area contributed by atoms with Gasteiger partial charge in [0.1, 0.15) is 60.3 Å². The van der Waals surface area contributed by atoms with Gasteiger partial charge in [-0.3, -0.25) is 24.2 Å². The lowest BCUT2D eigenvalue weighted by Crippen LogP contribution is -2.58. The second-order valence-electron chi connectivity index (χ2n) is 14.7. The number of aliphatic imine (C=N–C) groups is 1. The summed E-state index contributed by atoms with van der Waals surface area (Å²) in [5, 5.41) is 32.8. The summed E-state index contributed by atoms with van der Waals surface area (Å²) in [6, 6.07) is 14.9. The van der Waals surface area contributed by atoms with E-state index >= 15 is 0 Å². The first-order chi connectivity index (χ1) is 28.3. The second-order valence-corrected chi connectivity index (χ2v) is 14.7. The molecule has 3 aromatic rings. The van der Waals surface area contributed by atoms with Gasteiger partial charge in [-0.2, -0.15) is 5.10 Å². The molecule has 0 aliphatic carbocycles. The highest BCUT2D eigenvalue weighted by Gasteiger charge is 2.43. The average Bonchev–Trinajstić information content (AvgIpc) is 3.62. The van der Waals surface area contributed by atoms with Crippen LogP contribution in [-0.4, -0.2) is 120 Å². The molecule has 0 aromatic heterocycles. The summed E-state index contributed by atoms with van der Waals surface area (Å²) in [5.41, 5.74) is 1.63. The number of amides is 4. The highest BCUT2D eigenvalue weighted by Crippen LogP contribution is 2.24. The number of carboxylic acid groups (broad SMARTS) is 1. The molecule has 314 valence electrons. The summed E-state index contributed by atoms with van der Waals surface area (Å²) >= 11 is 0. The number of hydrazone groups is 1. The number of nitrogens with two attached hydrogens (primary N) is 1. The molecule has 1 fully saturated rings. The van der Waals surface area contributed by atoms with Gasteiger partial charge in [-0.05, 0) is 59.9 Å². The molecule has 1 saturated heterocycles. The lowest BCUT2D eigenvalue weighted by Gasteiger charge is -2.30. The van der Waals surface area contributed by atoms with Gasteiger partial charge in [0.2, 0.25) is 17.7 Å². The fourth-order valence-electron chi connectivity index (χ4n) is 6.77. The van der Waals surface area contributed by atoms with Crippen LogP contribution in [0.25, 0.3) is 0 Å². The van der Waals surface area contributed by atoms with Crippen LogP contribution in [0.5, 0.6) is 17.2 Å². The zero-order chi connectivity index (χ0) is 42.5. The number of para-hydroxylation sites is 1. The number of carbonyl (C=O) groups is 5. The number of fused-ring (bicyclic) bond motifs is 17. The maximum Gasteiger partial charge on any atom is 0.326 e. The summed E-state index contributed by atoms with van der Waals surface area (Å²) in [6.45, 7) is 3.85. The summed E-state index contributed by atoms with van der Waals surface area (Å²) < 4.78 is 17.0. The van der Waals surface area contributed by atoms with Crippen LogP contribution in [0.2, 0.25) is 0 Å². The fraction of sp³-hybridized carbons (Fsp3) is 0.405. The minimum absolute atomic E-state index is 0.0423. The zero-order valence-corrected chi connectivity index (χ0v) is 33.2. The van der Waals surface area contributed by atoms with Gasteiger partial charge >= 0.3 is 5.97 Å². The Bertz CT molecular complexity index is 2000. The summed E-state index contributed by atoms with van der Waals surface area (Å²) in [4.78, 5) is 74.2. The van der Waals surface area contributed by atoms with Crippen LogP contribution >= 0.6 is 0 Å².